The summed E-state index contributed by atoms with van der Waals surface area (Å²) in [5.74, 6) is -0.0710. The predicted octanol–water partition coefficient (Wildman–Crippen LogP) is 4.28. The molecule has 0 unspecified atom stereocenters. The van der Waals surface area contributed by atoms with Crippen molar-refractivity contribution in [2.24, 2.45) is 5.92 Å². The number of halogens is 2. The first-order valence-electron chi connectivity index (χ1n) is 9.62. The molecule has 1 N–H and O–H groups in total. The molecule has 0 radical (unpaired) electrons. The van der Waals surface area contributed by atoms with E-state index in [0.717, 1.165) is 5.56 Å². The minimum absolute atomic E-state index is 0.0387. The highest BCUT2D eigenvalue weighted by molar-refractivity contribution is 7.89. The number of nitrogens with one attached hydrogen (secondary N) is 1. The summed E-state index contributed by atoms with van der Waals surface area (Å²) >= 11 is 11.9. The third-order valence-corrected chi connectivity index (χ3v) is 7.70. The molecule has 0 aromatic heterocycles. The van der Waals surface area contributed by atoms with Gasteiger partial charge < -0.3 is 10.1 Å². The van der Waals surface area contributed by atoms with E-state index in [0.29, 0.717) is 22.9 Å². The van der Waals surface area contributed by atoms with Crippen LogP contribution in [0.4, 0.5) is 0 Å². The molecule has 1 saturated heterocycles. The molecule has 2 aromatic rings. The van der Waals surface area contributed by atoms with Crippen LogP contribution in [0, 0.1) is 5.92 Å². The number of rotatable bonds is 6. The number of ether oxygens (including phenoxy) is 1. The third-order valence-electron chi connectivity index (χ3n) is 5.30. The van der Waals surface area contributed by atoms with Crippen molar-refractivity contribution in [2.45, 2.75) is 30.7 Å². The fourth-order valence-electron chi connectivity index (χ4n) is 3.52. The first-order chi connectivity index (χ1) is 14.2. The Morgan fingerprint density at radius 1 is 1.10 bits per heavy atom. The largest absolute Gasteiger partial charge is 0.495 e. The van der Waals surface area contributed by atoms with Crippen molar-refractivity contribution in [2.75, 3.05) is 20.2 Å². The smallest absolute Gasteiger partial charge is 0.246 e. The molecule has 0 aliphatic carbocycles. The van der Waals surface area contributed by atoms with Crippen molar-refractivity contribution in [1.82, 2.24) is 9.62 Å². The first kappa shape index (κ1) is 22.9. The first-order valence-corrected chi connectivity index (χ1v) is 11.8. The normalized spacial score (nSPS) is 16.8. The van der Waals surface area contributed by atoms with E-state index in [9.17, 15) is 13.2 Å². The van der Waals surface area contributed by atoms with Gasteiger partial charge in [0.15, 0.2) is 0 Å². The topological polar surface area (TPSA) is 75.7 Å². The lowest BCUT2D eigenvalue weighted by Gasteiger charge is -2.31. The van der Waals surface area contributed by atoms with E-state index in [1.165, 1.54) is 23.5 Å². The molecule has 0 spiro atoms. The molecule has 1 amide bonds. The summed E-state index contributed by atoms with van der Waals surface area (Å²) in [6, 6.07) is 11.7. The number of benzene rings is 2. The Bertz CT molecular complexity index is 1000. The quantitative estimate of drug-likeness (QED) is 0.683. The van der Waals surface area contributed by atoms with Crippen LogP contribution in [0.2, 0.25) is 10.0 Å². The number of carbonyl (C=O) groups excluding carboxylic acids is 1. The maximum absolute atomic E-state index is 13.1. The zero-order chi connectivity index (χ0) is 21.9. The van der Waals surface area contributed by atoms with E-state index in [1.54, 1.807) is 18.2 Å². The molecular weight excluding hydrogens is 447 g/mol. The van der Waals surface area contributed by atoms with Crippen LogP contribution in [-0.2, 0) is 14.8 Å². The SMILES string of the molecule is COc1ccc(Cl)cc1S(=O)(=O)N1CCC(C(=O)N[C@H](C)c2ccc(Cl)cc2)CC1. The van der Waals surface area contributed by atoms with Crippen molar-refractivity contribution in [3.8, 4) is 5.75 Å². The van der Waals surface area contributed by atoms with E-state index in [1.807, 2.05) is 19.1 Å². The molecule has 6 nitrogen and oxygen atoms in total. The maximum Gasteiger partial charge on any atom is 0.246 e. The zero-order valence-corrected chi connectivity index (χ0v) is 19.1. The van der Waals surface area contributed by atoms with Crippen LogP contribution < -0.4 is 10.1 Å². The second-order valence-electron chi connectivity index (χ2n) is 7.26. The lowest BCUT2D eigenvalue weighted by molar-refractivity contribution is -0.126. The van der Waals surface area contributed by atoms with Crippen LogP contribution in [0.1, 0.15) is 31.4 Å². The summed E-state index contributed by atoms with van der Waals surface area (Å²) in [5.41, 5.74) is 0.959. The highest BCUT2D eigenvalue weighted by Gasteiger charge is 2.34. The van der Waals surface area contributed by atoms with Gasteiger partial charge in [0.2, 0.25) is 15.9 Å². The minimum Gasteiger partial charge on any atom is -0.495 e. The Labute approximate surface area is 187 Å². The molecule has 3 rings (SSSR count). The van der Waals surface area contributed by atoms with E-state index < -0.39 is 10.0 Å². The number of carbonyl (C=O) groups is 1. The zero-order valence-electron chi connectivity index (χ0n) is 16.8. The molecule has 0 bridgehead atoms. The van der Waals surface area contributed by atoms with Crippen molar-refractivity contribution in [1.29, 1.82) is 0 Å². The molecular formula is C21H24Cl2N2O4S. The number of methoxy groups -OCH3 is 1. The predicted molar refractivity (Wildman–Crippen MR) is 117 cm³/mol. The molecule has 2 aromatic carbocycles. The highest BCUT2D eigenvalue weighted by Crippen LogP contribution is 2.32. The Hall–Kier alpha value is -1.80. The summed E-state index contributed by atoms with van der Waals surface area (Å²) in [6.45, 7) is 2.42. The lowest BCUT2D eigenvalue weighted by atomic mass is 9.96. The maximum atomic E-state index is 13.1. The Kier molecular flexibility index (Phi) is 7.29. The Morgan fingerprint density at radius 3 is 2.30 bits per heavy atom. The van der Waals surface area contributed by atoms with Gasteiger partial charge in [0.05, 0.1) is 13.2 Å². The molecule has 162 valence electrons. The summed E-state index contributed by atoms with van der Waals surface area (Å²) in [6.07, 6.45) is 0.891. The lowest BCUT2D eigenvalue weighted by Crippen LogP contribution is -2.43. The molecule has 1 fully saturated rings. The molecule has 1 atom stereocenters. The summed E-state index contributed by atoms with van der Waals surface area (Å²) in [4.78, 5) is 12.7. The Balaban J connectivity index is 1.63. The van der Waals surface area contributed by atoms with Gasteiger partial charge in [0.25, 0.3) is 0 Å². The fraction of sp³-hybridized carbons (Fsp3) is 0.381. The summed E-state index contributed by atoms with van der Waals surface area (Å²) < 4.78 is 32.7. The summed E-state index contributed by atoms with van der Waals surface area (Å²) in [5, 5.41) is 3.97. The van der Waals surface area contributed by atoms with Crippen LogP contribution in [0.25, 0.3) is 0 Å². The number of sulfonamides is 1. The van der Waals surface area contributed by atoms with Gasteiger partial charge in [-0.05, 0) is 55.7 Å². The fourth-order valence-corrected chi connectivity index (χ4v) is 5.53. The average Bonchev–Trinajstić information content (AvgIpc) is 2.74. The minimum atomic E-state index is -3.77. The van der Waals surface area contributed by atoms with Gasteiger partial charge in [-0.3, -0.25) is 4.79 Å². The summed E-state index contributed by atoms with van der Waals surface area (Å²) in [7, 11) is -2.35. The molecule has 1 aliphatic rings. The van der Waals surface area contributed by atoms with Gasteiger partial charge in [0.1, 0.15) is 10.6 Å². The van der Waals surface area contributed by atoms with Crippen LogP contribution in [-0.4, -0.2) is 38.8 Å². The molecule has 30 heavy (non-hydrogen) atoms. The average molecular weight is 471 g/mol. The van der Waals surface area contributed by atoms with E-state index >= 15 is 0 Å². The number of piperidine rings is 1. The molecule has 0 saturated carbocycles. The number of hydrogen-bond donors (Lipinski definition) is 1. The van der Waals surface area contributed by atoms with Gasteiger partial charge in [-0.2, -0.15) is 4.31 Å². The van der Waals surface area contributed by atoms with Crippen LogP contribution in [0.3, 0.4) is 0 Å². The van der Waals surface area contributed by atoms with Crippen LogP contribution in [0.5, 0.6) is 5.75 Å². The van der Waals surface area contributed by atoms with E-state index in [-0.39, 0.29) is 41.6 Å². The van der Waals surface area contributed by atoms with Gasteiger partial charge in [0, 0.05) is 29.1 Å². The third kappa shape index (κ3) is 5.09. The standard InChI is InChI=1S/C21H24Cl2N2O4S/c1-14(15-3-5-17(22)6-4-15)24-21(26)16-9-11-25(12-10-16)30(27,28)20-13-18(23)7-8-19(20)29-2/h3-8,13-14,16H,9-12H2,1-2H3,(H,24,26)/t14-/m1/s1. The number of nitrogens with zero attached hydrogens (tertiary/aromatic N) is 1. The van der Waals surface area contributed by atoms with Crippen molar-refractivity contribution < 1.29 is 17.9 Å². The van der Waals surface area contributed by atoms with Gasteiger partial charge in [-0.1, -0.05) is 35.3 Å². The second kappa shape index (κ2) is 9.56. The van der Waals surface area contributed by atoms with Gasteiger partial charge in [-0.15, -0.1) is 0 Å². The number of amides is 1. The monoisotopic (exact) mass is 470 g/mol. The second-order valence-corrected chi connectivity index (χ2v) is 10.0. The van der Waals surface area contributed by atoms with E-state index in [4.69, 9.17) is 27.9 Å². The Morgan fingerprint density at radius 2 is 1.70 bits per heavy atom. The highest BCUT2D eigenvalue weighted by atomic mass is 35.5. The molecule has 1 aliphatic heterocycles. The van der Waals surface area contributed by atoms with E-state index in [2.05, 4.69) is 5.32 Å². The number of hydrogen-bond acceptors (Lipinski definition) is 4. The van der Waals surface area contributed by atoms with Crippen LogP contribution >= 0.6 is 23.2 Å². The van der Waals surface area contributed by atoms with Crippen LogP contribution in [0.15, 0.2) is 47.4 Å². The van der Waals surface area contributed by atoms with Crippen molar-refractivity contribution in [3.05, 3.63) is 58.1 Å². The van der Waals surface area contributed by atoms with Gasteiger partial charge >= 0.3 is 0 Å². The van der Waals surface area contributed by atoms with Gasteiger partial charge in [-0.25, -0.2) is 8.42 Å². The van der Waals surface area contributed by atoms with Crippen molar-refractivity contribution in [3.63, 3.8) is 0 Å². The molecule has 1 heterocycles. The molecule has 9 heteroatoms. The van der Waals surface area contributed by atoms with Crippen molar-refractivity contribution >= 4 is 39.1 Å².